The lowest BCUT2D eigenvalue weighted by Gasteiger charge is -2.29. The van der Waals surface area contributed by atoms with Crippen molar-refractivity contribution in [1.82, 2.24) is 0 Å². The van der Waals surface area contributed by atoms with Gasteiger partial charge >= 0.3 is 0 Å². The highest BCUT2D eigenvalue weighted by Gasteiger charge is 2.31. The molecule has 0 bridgehead atoms. The molecule has 3 rings (SSSR count). The average molecular weight is 386 g/mol. The van der Waals surface area contributed by atoms with Gasteiger partial charge in [-0.1, -0.05) is 42.0 Å². The van der Waals surface area contributed by atoms with Crippen molar-refractivity contribution in [2.24, 2.45) is 5.92 Å². The molecule has 1 heterocycles. The molecule has 1 amide bonds. The second kappa shape index (κ2) is 9.62. The van der Waals surface area contributed by atoms with E-state index in [-0.39, 0.29) is 17.9 Å². The van der Waals surface area contributed by atoms with Gasteiger partial charge in [-0.25, -0.2) is 0 Å². The maximum absolute atomic E-state index is 13.1. The van der Waals surface area contributed by atoms with Crippen LogP contribution in [-0.4, -0.2) is 30.5 Å². The van der Waals surface area contributed by atoms with E-state index >= 15 is 0 Å². The van der Waals surface area contributed by atoms with Gasteiger partial charge < -0.3 is 10.0 Å². The maximum Gasteiger partial charge on any atom is 0.231 e. The Morgan fingerprint density at radius 1 is 1.26 bits per heavy atom. The first-order valence-electron chi connectivity index (χ1n) is 9.09. The van der Waals surface area contributed by atoms with E-state index < -0.39 is 0 Å². The Morgan fingerprint density at radius 2 is 1.93 bits per heavy atom. The van der Waals surface area contributed by atoms with Crippen molar-refractivity contribution in [3.63, 3.8) is 0 Å². The van der Waals surface area contributed by atoms with E-state index in [1.807, 2.05) is 55.1 Å². The summed E-state index contributed by atoms with van der Waals surface area (Å²) in [6.45, 7) is 6.07. The second-order valence-corrected chi connectivity index (χ2v) is 7.92. The van der Waals surface area contributed by atoms with Crippen molar-refractivity contribution >= 4 is 29.2 Å². The lowest BCUT2D eigenvalue weighted by molar-refractivity contribution is -0.122. The molecular weight excluding hydrogens is 358 g/mol. The molecule has 2 aromatic rings. The number of allylic oxidation sites excluding steroid dienone is 2. The zero-order valence-electron chi connectivity index (χ0n) is 16.3. The third-order valence-electron chi connectivity index (χ3n) is 4.59. The number of nitrogens with zero attached hydrogens (tertiary/aromatic N) is 1. The number of carbonyl (C=O) groups is 2. The van der Waals surface area contributed by atoms with Crippen LogP contribution in [0.3, 0.4) is 0 Å². The van der Waals surface area contributed by atoms with Gasteiger partial charge in [-0.2, -0.15) is 0 Å². The number of hydrogen-bond acceptors (Lipinski definition) is 4. The van der Waals surface area contributed by atoms with Gasteiger partial charge in [0.1, 0.15) is 0 Å². The molecule has 1 unspecified atom stereocenters. The van der Waals surface area contributed by atoms with Crippen LogP contribution in [0.2, 0.25) is 0 Å². The van der Waals surface area contributed by atoms with E-state index in [4.69, 9.17) is 5.11 Å². The minimum atomic E-state index is -0.0121. The van der Waals surface area contributed by atoms with Crippen LogP contribution in [0.25, 0.3) is 10.4 Å². The van der Waals surface area contributed by atoms with Crippen LogP contribution in [0.5, 0.6) is 0 Å². The Balaban J connectivity index is 0.00000126. The summed E-state index contributed by atoms with van der Waals surface area (Å²) in [7, 11) is 1.00. The zero-order valence-corrected chi connectivity index (χ0v) is 17.1. The third kappa shape index (κ3) is 4.73. The minimum absolute atomic E-state index is 0.00493. The number of aliphatic hydroxyl groups is 1. The number of rotatable bonds is 5. The molecule has 144 valence electrons. The van der Waals surface area contributed by atoms with E-state index in [2.05, 4.69) is 13.0 Å². The van der Waals surface area contributed by atoms with Crippen LogP contribution < -0.4 is 4.90 Å². The third-order valence-corrected chi connectivity index (χ3v) is 5.69. The Hall–Kier alpha value is -2.24. The van der Waals surface area contributed by atoms with Gasteiger partial charge in [0.2, 0.25) is 5.91 Å². The summed E-state index contributed by atoms with van der Waals surface area (Å²) in [6.07, 6.45) is 4.62. The topological polar surface area (TPSA) is 57.6 Å². The Morgan fingerprint density at radius 3 is 2.44 bits per heavy atom. The van der Waals surface area contributed by atoms with Crippen molar-refractivity contribution in [2.45, 2.75) is 39.7 Å². The molecule has 0 saturated carbocycles. The molecule has 1 atom stereocenters. The number of hydrogen-bond donors (Lipinski definition) is 1. The summed E-state index contributed by atoms with van der Waals surface area (Å²) in [6, 6.07) is 12.0. The molecule has 1 N–H and O–H groups in total. The highest BCUT2D eigenvalue weighted by atomic mass is 32.1. The van der Waals surface area contributed by atoms with Crippen molar-refractivity contribution in [3.05, 3.63) is 52.9 Å². The molecule has 0 spiro atoms. The van der Waals surface area contributed by atoms with E-state index in [1.165, 1.54) is 16.9 Å². The quantitative estimate of drug-likeness (QED) is 0.586. The average Bonchev–Trinajstić information content (AvgIpc) is 3.30. The number of aliphatic hydroxyl groups excluding tert-OH is 1. The van der Waals surface area contributed by atoms with Crippen LogP contribution in [0.4, 0.5) is 5.69 Å². The fourth-order valence-electron chi connectivity index (χ4n) is 3.35. The normalized spacial score (nSPS) is 15.8. The molecule has 0 radical (unpaired) electrons. The summed E-state index contributed by atoms with van der Waals surface area (Å²) in [5, 5.41) is 7.00. The second-order valence-electron chi connectivity index (χ2n) is 6.83. The molecule has 1 aromatic carbocycles. The highest BCUT2D eigenvalue weighted by molar-refractivity contribution is 7.17. The molecular formula is C22H27NO3S. The predicted octanol–water partition coefficient (Wildman–Crippen LogP) is 4.93. The lowest BCUT2D eigenvalue weighted by atomic mass is 10.0. The summed E-state index contributed by atoms with van der Waals surface area (Å²) >= 11 is 1.44. The molecule has 0 fully saturated rings. The molecule has 5 heteroatoms. The van der Waals surface area contributed by atoms with Crippen molar-refractivity contribution in [3.8, 4) is 10.4 Å². The minimum Gasteiger partial charge on any atom is -0.400 e. The Bertz CT molecular complexity index is 808. The number of carbonyl (C=O) groups excluding carboxylic acids is 2. The Labute approximate surface area is 165 Å². The van der Waals surface area contributed by atoms with Crippen molar-refractivity contribution in [1.29, 1.82) is 0 Å². The summed E-state index contributed by atoms with van der Waals surface area (Å²) in [4.78, 5) is 28.2. The number of aldehydes is 1. The molecule has 4 nitrogen and oxygen atoms in total. The largest absolute Gasteiger partial charge is 0.400 e. The van der Waals surface area contributed by atoms with Gasteiger partial charge in [-0.15, -0.1) is 11.3 Å². The van der Waals surface area contributed by atoms with E-state index in [0.29, 0.717) is 4.88 Å². The number of thiophene rings is 1. The van der Waals surface area contributed by atoms with Gasteiger partial charge in [-0.05, 0) is 45.2 Å². The monoisotopic (exact) mass is 385 g/mol. The molecule has 0 aliphatic heterocycles. The fourth-order valence-corrected chi connectivity index (χ4v) is 4.32. The molecule has 1 aliphatic rings. The van der Waals surface area contributed by atoms with Crippen molar-refractivity contribution < 1.29 is 14.7 Å². The first-order valence-corrected chi connectivity index (χ1v) is 9.90. The molecule has 1 aliphatic carbocycles. The van der Waals surface area contributed by atoms with Crippen LogP contribution in [-0.2, 0) is 4.79 Å². The van der Waals surface area contributed by atoms with Crippen molar-refractivity contribution in [2.75, 3.05) is 12.0 Å². The van der Waals surface area contributed by atoms with E-state index in [1.54, 1.807) is 0 Å². The standard InChI is InChI=1S/C21H23NO2S.CH4O/c1-14(2)22(21(24)17-10-9-15(3)11-17)18-12-19(25-20(18)13-23)16-7-5-4-6-8-16;1-2/h4-9,12-14,17H,10-11H2,1-3H3;2H,1H3. The molecule has 1 aromatic heterocycles. The Kier molecular flexibility index (Phi) is 7.51. The first kappa shape index (κ1) is 21.1. The summed E-state index contributed by atoms with van der Waals surface area (Å²) < 4.78 is 0. The maximum atomic E-state index is 13.1. The molecule has 0 saturated heterocycles. The van der Waals surface area contributed by atoms with Crippen LogP contribution in [0.15, 0.2) is 48.0 Å². The first-order chi connectivity index (χ1) is 13.0. The van der Waals surface area contributed by atoms with E-state index in [0.717, 1.165) is 42.4 Å². The van der Waals surface area contributed by atoms with E-state index in [9.17, 15) is 9.59 Å². The number of anilines is 1. The number of amides is 1. The molecule has 27 heavy (non-hydrogen) atoms. The van der Waals surface area contributed by atoms with Gasteiger partial charge in [0.15, 0.2) is 6.29 Å². The summed E-state index contributed by atoms with van der Waals surface area (Å²) in [5.74, 6) is 0.102. The highest BCUT2D eigenvalue weighted by Crippen LogP contribution is 2.38. The smallest absolute Gasteiger partial charge is 0.231 e. The van der Waals surface area contributed by atoms with Crippen LogP contribution >= 0.6 is 11.3 Å². The zero-order chi connectivity index (χ0) is 20.0. The van der Waals surface area contributed by atoms with Crippen LogP contribution in [0, 0.1) is 5.92 Å². The van der Waals surface area contributed by atoms with Gasteiger partial charge in [0.25, 0.3) is 0 Å². The van der Waals surface area contributed by atoms with Gasteiger partial charge in [-0.3, -0.25) is 9.59 Å². The van der Waals surface area contributed by atoms with Crippen LogP contribution in [0.1, 0.15) is 43.3 Å². The fraction of sp³-hybridized carbons (Fsp3) is 0.364. The SMILES string of the molecule is CC1=CCC(C(=O)N(c2cc(-c3ccccc3)sc2C=O)C(C)C)C1.CO. The number of benzene rings is 1. The van der Waals surface area contributed by atoms with Gasteiger partial charge in [0, 0.05) is 23.9 Å². The predicted molar refractivity (Wildman–Crippen MR) is 112 cm³/mol. The lowest BCUT2D eigenvalue weighted by Crippen LogP contribution is -2.41. The van der Waals surface area contributed by atoms with Gasteiger partial charge in [0.05, 0.1) is 10.6 Å². The summed E-state index contributed by atoms with van der Waals surface area (Å²) in [5.41, 5.74) is 3.08.